The molecule has 2 heterocycles. The van der Waals surface area contributed by atoms with Crippen molar-refractivity contribution in [2.75, 3.05) is 18.8 Å². The van der Waals surface area contributed by atoms with Gasteiger partial charge >= 0.3 is 6.09 Å². The molecule has 2 fully saturated rings. The Morgan fingerprint density at radius 1 is 1.43 bits per heavy atom. The zero-order chi connectivity index (χ0) is 15.8. The van der Waals surface area contributed by atoms with Crippen molar-refractivity contribution in [3.63, 3.8) is 0 Å². The number of ether oxygens (including phenoxy) is 1. The van der Waals surface area contributed by atoms with Crippen LogP contribution in [0.2, 0.25) is 0 Å². The lowest BCUT2D eigenvalue weighted by atomic mass is 10.1. The molecule has 0 aromatic heterocycles. The molecule has 0 aromatic rings. The van der Waals surface area contributed by atoms with Gasteiger partial charge in [-0.1, -0.05) is 0 Å². The van der Waals surface area contributed by atoms with E-state index in [2.05, 4.69) is 10.6 Å². The SMILES string of the molecule is CC(C)(C)OC(=O)NC1CC2C(=O)NCCS(=O)(=O)N2C1. The molecule has 2 N–H and O–H groups in total. The minimum Gasteiger partial charge on any atom is -0.444 e. The zero-order valence-corrected chi connectivity index (χ0v) is 13.2. The fourth-order valence-corrected chi connectivity index (χ4v) is 4.04. The molecule has 9 heteroatoms. The minimum atomic E-state index is -3.48. The van der Waals surface area contributed by atoms with Gasteiger partial charge < -0.3 is 15.4 Å². The summed E-state index contributed by atoms with van der Waals surface area (Å²) < 4.78 is 30.5. The first-order valence-corrected chi connectivity index (χ1v) is 8.46. The summed E-state index contributed by atoms with van der Waals surface area (Å²) in [5, 5.41) is 5.20. The van der Waals surface area contributed by atoms with E-state index in [1.807, 2.05) is 0 Å². The highest BCUT2D eigenvalue weighted by atomic mass is 32.2. The van der Waals surface area contributed by atoms with Crippen LogP contribution in [0.4, 0.5) is 4.79 Å². The second-order valence-corrected chi connectivity index (χ2v) is 8.31. The number of amides is 2. The van der Waals surface area contributed by atoms with Crippen LogP contribution in [-0.4, -0.2) is 61.3 Å². The van der Waals surface area contributed by atoms with Crippen LogP contribution in [0.15, 0.2) is 0 Å². The summed E-state index contributed by atoms with van der Waals surface area (Å²) in [6.07, 6.45) is -0.354. The van der Waals surface area contributed by atoms with E-state index in [0.717, 1.165) is 0 Å². The number of rotatable bonds is 1. The molecule has 120 valence electrons. The van der Waals surface area contributed by atoms with E-state index in [4.69, 9.17) is 4.74 Å². The fraction of sp³-hybridized carbons (Fsp3) is 0.833. The van der Waals surface area contributed by atoms with E-state index in [1.165, 1.54) is 4.31 Å². The van der Waals surface area contributed by atoms with Gasteiger partial charge in [0.15, 0.2) is 0 Å². The maximum absolute atomic E-state index is 12.1. The predicted molar refractivity (Wildman–Crippen MR) is 75.1 cm³/mol. The van der Waals surface area contributed by atoms with Crippen molar-refractivity contribution in [2.24, 2.45) is 0 Å². The Bertz CT molecular complexity index is 540. The van der Waals surface area contributed by atoms with Crippen molar-refractivity contribution >= 4 is 22.0 Å². The molecule has 2 saturated heterocycles. The van der Waals surface area contributed by atoms with E-state index < -0.39 is 33.8 Å². The molecular weight excluding hydrogens is 298 g/mol. The van der Waals surface area contributed by atoms with Crippen LogP contribution in [0.5, 0.6) is 0 Å². The molecule has 2 unspecified atom stereocenters. The minimum absolute atomic E-state index is 0.0969. The van der Waals surface area contributed by atoms with Crippen LogP contribution in [0.3, 0.4) is 0 Å². The van der Waals surface area contributed by atoms with Gasteiger partial charge in [0.1, 0.15) is 11.6 Å². The van der Waals surface area contributed by atoms with E-state index >= 15 is 0 Å². The van der Waals surface area contributed by atoms with Gasteiger partial charge in [0, 0.05) is 19.1 Å². The van der Waals surface area contributed by atoms with Crippen LogP contribution >= 0.6 is 0 Å². The third-order valence-corrected chi connectivity index (χ3v) is 5.13. The Morgan fingerprint density at radius 2 is 2.10 bits per heavy atom. The average Bonchev–Trinajstić information content (AvgIpc) is 2.66. The molecule has 21 heavy (non-hydrogen) atoms. The lowest BCUT2D eigenvalue weighted by Crippen LogP contribution is -2.42. The van der Waals surface area contributed by atoms with Crippen molar-refractivity contribution in [3.8, 4) is 0 Å². The normalized spacial score (nSPS) is 29.2. The van der Waals surface area contributed by atoms with Crippen molar-refractivity contribution in [3.05, 3.63) is 0 Å². The number of alkyl carbamates (subject to hydrolysis) is 1. The van der Waals surface area contributed by atoms with Gasteiger partial charge in [-0.2, -0.15) is 4.31 Å². The number of nitrogens with one attached hydrogen (secondary N) is 2. The summed E-state index contributed by atoms with van der Waals surface area (Å²) in [6.45, 7) is 5.45. The Kier molecular flexibility index (Phi) is 4.16. The maximum Gasteiger partial charge on any atom is 0.407 e. The standard InChI is InChI=1S/C12H21N3O5S/c1-12(2,3)20-11(17)14-8-6-9-10(16)13-4-5-21(18,19)15(9)7-8/h8-9H,4-7H2,1-3H3,(H,13,16)(H,14,17). The smallest absolute Gasteiger partial charge is 0.407 e. The van der Waals surface area contributed by atoms with Crippen molar-refractivity contribution in [1.82, 2.24) is 14.9 Å². The summed E-state index contributed by atoms with van der Waals surface area (Å²) >= 11 is 0. The van der Waals surface area contributed by atoms with Crippen LogP contribution in [0.25, 0.3) is 0 Å². The first-order chi connectivity index (χ1) is 9.58. The zero-order valence-electron chi connectivity index (χ0n) is 12.4. The van der Waals surface area contributed by atoms with E-state index in [1.54, 1.807) is 20.8 Å². The van der Waals surface area contributed by atoms with Gasteiger partial charge in [-0.05, 0) is 27.2 Å². The topological polar surface area (TPSA) is 105 Å². The quantitative estimate of drug-likeness (QED) is 0.672. The molecule has 2 aliphatic heterocycles. The number of hydrogen-bond acceptors (Lipinski definition) is 5. The maximum atomic E-state index is 12.1. The monoisotopic (exact) mass is 319 g/mol. The van der Waals surface area contributed by atoms with Crippen LogP contribution in [0.1, 0.15) is 27.2 Å². The van der Waals surface area contributed by atoms with Crippen LogP contribution in [0, 0.1) is 0 Å². The van der Waals surface area contributed by atoms with Crippen molar-refractivity contribution < 1.29 is 22.7 Å². The highest BCUT2D eigenvalue weighted by Gasteiger charge is 2.45. The summed E-state index contributed by atoms with van der Waals surface area (Å²) in [7, 11) is -3.48. The largest absolute Gasteiger partial charge is 0.444 e. The first kappa shape index (κ1) is 16.0. The van der Waals surface area contributed by atoms with Crippen molar-refractivity contribution in [2.45, 2.75) is 44.9 Å². The highest BCUT2D eigenvalue weighted by molar-refractivity contribution is 7.89. The van der Waals surface area contributed by atoms with Crippen LogP contribution < -0.4 is 10.6 Å². The number of sulfonamides is 1. The summed E-state index contributed by atoms with van der Waals surface area (Å²) in [5.41, 5.74) is -0.628. The molecule has 0 spiro atoms. The third-order valence-electron chi connectivity index (χ3n) is 3.30. The Morgan fingerprint density at radius 3 is 2.71 bits per heavy atom. The molecule has 0 bridgehead atoms. The Balaban J connectivity index is 2.04. The number of fused-ring (bicyclic) bond motifs is 1. The third kappa shape index (κ3) is 3.85. The van der Waals surface area contributed by atoms with Gasteiger partial charge in [0.05, 0.1) is 5.75 Å². The molecule has 0 aliphatic carbocycles. The van der Waals surface area contributed by atoms with Crippen molar-refractivity contribution in [1.29, 1.82) is 0 Å². The molecule has 0 radical (unpaired) electrons. The molecule has 2 aliphatic rings. The first-order valence-electron chi connectivity index (χ1n) is 6.85. The lowest BCUT2D eigenvalue weighted by Gasteiger charge is -2.21. The van der Waals surface area contributed by atoms with Gasteiger partial charge in [0.25, 0.3) is 0 Å². The molecule has 2 amide bonds. The molecule has 2 atom stereocenters. The van der Waals surface area contributed by atoms with Gasteiger partial charge in [-0.15, -0.1) is 0 Å². The second kappa shape index (κ2) is 5.45. The Hall–Kier alpha value is -1.35. The average molecular weight is 319 g/mol. The van der Waals surface area contributed by atoms with E-state index in [-0.39, 0.29) is 31.2 Å². The molecule has 8 nitrogen and oxygen atoms in total. The summed E-state index contributed by atoms with van der Waals surface area (Å²) in [4.78, 5) is 23.6. The number of carbonyl (C=O) groups is 2. The number of hydrogen-bond donors (Lipinski definition) is 2. The van der Waals surface area contributed by atoms with Gasteiger partial charge in [0.2, 0.25) is 15.9 Å². The lowest BCUT2D eigenvalue weighted by molar-refractivity contribution is -0.123. The summed E-state index contributed by atoms with van der Waals surface area (Å²) in [5.74, 6) is -0.432. The highest BCUT2D eigenvalue weighted by Crippen LogP contribution is 2.24. The molecule has 0 saturated carbocycles. The second-order valence-electron chi connectivity index (χ2n) is 6.27. The number of nitrogens with zero attached hydrogens (tertiary/aromatic N) is 1. The van der Waals surface area contributed by atoms with E-state index in [0.29, 0.717) is 0 Å². The fourth-order valence-electron chi connectivity index (χ4n) is 2.47. The predicted octanol–water partition coefficient (Wildman–Crippen LogP) is -0.586. The molecular formula is C12H21N3O5S. The Labute approximate surface area is 124 Å². The van der Waals surface area contributed by atoms with E-state index in [9.17, 15) is 18.0 Å². The van der Waals surface area contributed by atoms with Crippen LogP contribution in [-0.2, 0) is 19.6 Å². The van der Waals surface area contributed by atoms with Gasteiger partial charge in [-0.3, -0.25) is 4.79 Å². The number of carbonyl (C=O) groups excluding carboxylic acids is 2. The molecule has 0 aromatic carbocycles. The van der Waals surface area contributed by atoms with Gasteiger partial charge in [-0.25, -0.2) is 13.2 Å². The molecule has 2 rings (SSSR count). The summed E-state index contributed by atoms with van der Waals surface area (Å²) in [6, 6.07) is -1.18.